The Morgan fingerprint density at radius 2 is 1.97 bits per heavy atom. The summed E-state index contributed by atoms with van der Waals surface area (Å²) in [6.07, 6.45) is 4.90. The second-order valence-corrected chi connectivity index (χ2v) is 7.34. The van der Waals surface area contributed by atoms with E-state index in [-0.39, 0.29) is 24.7 Å². The summed E-state index contributed by atoms with van der Waals surface area (Å²) >= 11 is 0. The number of carbonyl (C=O) groups excluding carboxylic acids is 3. The van der Waals surface area contributed by atoms with Crippen LogP contribution in [0.2, 0.25) is 0 Å². The number of nitrogens with zero attached hydrogens (tertiary/aromatic N) is 1. The van der Waals surface area contributed by atoms with Crippen LogP contribution < -0.4 is 5.32 Å². The van der Waals surface area contributed by atoms with Gasteiger partial charge in [-0.1, -0.05) is 30.7 Å². The first-order valence-electron chi connectivity index (χ1n) is 9.94. The molecule has 0 aromatic heterocycles. The molecule has 3 amide bonds. The third kappa shape index (κ3) is 5.02. The highest BCUT2D eigenvalue weighted by Crippen LogP contribution is 2.29. The summed E-state index contributed by atoms with van der Waals surface area (Å²) < 4.78 is 0. The lowest BCUT2D eigenvalue weighted by Crippen LogP contribution is -2.52. The van der Waals surface area contributed by atoms with Crippen molar-refractivity contribution in [1.82, 2.24) is 10.2 Å². The lowest BCUT2D eigenvalue weighted by Gasteiger charge is -2.29. The maximum absolute atomic E-state index is 12.8. The number of carboxylic acids is 1. The van der Waals surface area contributed by atoms with Gasteiger partial charge in [0.2, 0.25) is 11.8 Å². The number of hydrogen-bond donors (Lipinski definition) is 2. The lowest BCUT2D eigenvalue weighted by molar-refractivity contribution is -0.138. The summed E-state index contributed by atoms with van der Waals surface area (Å²) in [4.78, 5) is 48.3. The number of unbranched alkanes of at least 4 members (excludes halogenated alkanes) is 4. The van der Waals surface area contributed by atoms with Gasteiger partial charge in [-0.15, -0.1) is 0 Å². The van der Waals surface area contributed by atoms with Crippen molar-refractivity contribution in [3.63, 3.8) is 0 Å². The molecule has 2 aliphatic rings. The number of nitrogens with one attached hydrogen (secondary N) is 1. The molecule has 1 atom stereocenters. The Morgan fingerprint density at radius 3 is 2.72 bits per heavy atom. The molecule has 1 aromatic rings. The summed E-state index contributed by atoms with van der Waals surface area (Å²) in [6.45, 7) is 0.320. The number of benzene rings is 1. The maximum atomic E-state index is 12.8. The second kappa shape index (κ2) is 9.37. The molecule has 29 heavy (non-hydrogen) atoms. The van der Waals surface area contributed by atoms with E-state index in [0.717, 1.165) is 30.4 Å². The molecule has 3 rings (SSSR count). The predicted octanol–water partition coefficient (Wildman–Crippen LogP) is 2.22. The van der Waals surface area contributed by atoms with Crippen LogP contribution in [0, 0.1) is 11.8 Å². The largest absolute Gasteiger partial charge is 0.481 e. The molecule has 2 heterocycles. The Morgan fingerprint density at radius 1 is 1.17 bits per heavy atom. The summed E-state index contributed by atoms with van der Waals surface area (Å²) in [6, 6.07) is 4.79. The number of carboxylic acid groups (broad SMARTS) is 1. The summed E-state index contributed by atoms with van der Waals surface area (Å²) in [7, 11) is 0. The van der Waals surface area contributed by atoms with E-state index in [4.69, 9.17) is 5.11 Å². The molecule has 7 nitrogen and oxygen atoms in total. The van der Waals surface area contributed by atoms with E-state index in [1.165, 1.54) is 4.90 Å². The third-order valence-electron chi connectivity index (χ3n) is 5.25. The topological polar surface area (TPSA) is 104 Å². The number of aliphatic carboxylic acids is 1. The SMILES string of the molecule is O=C(O)CCCCCCC#Cc1cccc2c1CN(C1CCC(=O)NC1=O)C2=O. The summed E-state index contributed by atoms with van der Waals surface area (Å²) in [5, 5.41) is 10.9. The van der Waals surface area contributed by atoms with Crippen molar-refractivity contribution in [3.05, 3.63) is 34.9 Å². The summed E-state index contributed by atoms with van der Waals surface area (Å²) in [5.74, 6) is 4.60. The zero-order chi connectivity index (χ0) is 20.8. The standard InChI is InChI=1S/C22H24N2O5/c25-19-13-12-18(21(28)23-19)24-14-17-15(9-7-10-16(17)22(24)29)8-5-3-1-2-4-6-11-20(26)27/h7,9-10,18H,1-4,6,11-14H2,(H,26,27)(H,23,25,28). The fourth-order valence-corrected chi connectivity index (χ4v) is 3.70. The quantitative estimate of drug-likeness (QED) is 0.418. The van der Waals surface area contributed by atoms with Crippen molar-refractivity contribution in [2.24, 2.45) is 0 Å². The third-order valence-corrected chi connectivity index (χ3v) is 5.25. The van der Waals surface area contributed by atoms with E-state index in [1.54, 1.807) is 12.1 Å². The maximum Gasteiger partial charge on any atom is 0.303 e. The minimum atomic E-state index is -0.761. The molecule has 152 valence electrons. The van der Waals surface area contributed by atoms with E-state index in [2.05, 4.69) is 17.2 Å². The smallest absolute Gasteiger partial charge is 0.303 e. The van der Waals surface area contributed by atoms with Gasteiger partial charge in [-0.25, -0.2) is 0 Å². The van der Waals surface area contributed by atoms with Crippen LogP contribution in [0.1, 0.15) is 72.9 Å². The fraction of sp³-hybridized carbons (Fsp3) is 0.455. The Labute approximate surface area is 169 Å². The van der Waals surface area contributed by atoms with Crippen LogP contribution in [0.25, 0.3) is 0 Å². The van der Waals surface area contributed by atoms with Crippen LogP contribution >= 0.6 is 0 Å². The molecule has 1 saturated heterocycles. The fourth-order valence-electron chi connectivity index (χ4n) is 3.70. The first-order valence-corrected chi connectivity index (χ1v) is 9.94. The lowest BCUT2D eigenvalue weighted by atomic mass is 10.0. The number of fused-ring (bicyclic) bond motifs is 1. The van der Waals surface area contributed by atoms with Gasteiger partial charge in [0, 0.05) is 36.9 Å². The monoisotopic (exact) mass is 396 g/mol. The van der Waals surface area contributed by atoms with Crippen molar-refractivity contribution in [3.8, 4) is 11.8 Å². The Kier molecular flexibility index (Phi) is 6.65. The number of hydrogen-bond acceptors (Lipinski definition) is 4. The van der Waals surface area contributed by atoms with Crippen LogP contribution in [0.15, 0.2) is 18.2 Å². The highest BCUT2D eigenvalue weighted by molar-refractivity contribution is 6.05. The molecule has 1 unspecified atom stereocenters. The number of carbonyl (C=O) groups is 4. The predicted molar refractivity (Wildman–Crippen MR) is 105 cm³/mol. The van der Waals surface area contributed by atoms with Gasteiger partial charge in [-0.05, 0) is 37.0 Å². The Hall–Kier alpha value is -3.14. The molecule has 0 saturated carbocycles. The van der Waals surface area contributed by atoms with Crippen molar-refractivity contribution < 1.29 is 24.3 Å². The molecule has 0 bridgehead atoms. The zero-order valence-electron chi connectivity index (χ0n) is 16.2. The minimum absolute atomic E-state index is 0.198. The minimum Gasteiger partial charge on any atom is -0.481 e. The van der Waals surface area contributed by atoms with Gasteiger partial charge < -0.3 is 10.0 Å². The normalized spacial score (nSPS) is 18.1. The van der Waals surface area contributed by atoms with Crippen LogP contribution in [0.3, 0.4) is 0 Å². The molecule has 2 aliphatic heterocycles. The van der Waals surface area contributed by atoms with Crippen molar-refractivity contribution in [1.29, 1.82) is 0 Å². The first kappa shape index (κ1) is 20.6. The van der Waals surface area contributed by atoms with E-state index in [1.807, 2.05) is 6.07 Å². The van der Waals surface area contributed by atoms with E-state index < -0.39 is 17.9 Å². The van der Waals surface area contributed by atoms with E-state index in [9.17, 15) is 19.2 Å². The molecule has 1 fully saturated rings. The molecule has 0 radical (unpaired) electrons. The average Bonchev–Trinajstić information content (AvgIpc) is 3.01. The summed E-state index contributed by atoms with van der Waals surface area (Å²) in [5.41, 5.74) is 2.18. The van der Waals surface area contributed by atoms with Crippen molar-refractivity contribution in [2.75, 3.05) is 0 Å². The van der Waals surface area contributed by atoms with Gasteiger partial charge in [-0.3, -0.25) is 24.5 Å². The van der Waals surface area contributed by atoms with Gasteiger partial charge in [0.25, 0.3) is 5.91 Å². The molecule has 1 aromatic carbocycles. The van der Waals surface area contributed by atoms with Crippen molar-refractivity contribution >= 4 is 23.7 Å². The van der Waals surface area contributed by atoms with Gasteiger partial charge >= 0.3 is 5.97 Å². The van der Waals surface area contributed by atoms with Crippen molar-refractivity contribution in [2.45, 2.75) is 64.0 Å². The number of piperidine rings is 1. The molecule has 0 aliphatic carbocycles. The van der Waals surface area contributed by atoms with Crippen LogP contribution in [0.4, 0.5) is 0 Å². The van der Waals surface area contributed by atoms with Gasteiger partial charge in [0.05, 0.1) is 0 Å². The van der Waals surface area contributed by atoms with Crippen LogP contribution in [-0.4, -0.2) is 39.7 Å². The average molecular weight is 396 g/mol. The molecular weight excluding hydrogens is 372 g/mol. The number of rotatable bonds is 7. The highest BCUT2D eigenvalue weighted by Gasteiger charge is 2.39. The Bertz CT molecular complexity index is 896. The second-order valence-electron chi connectivity index (χ2n) is 7.34. The van der Waals surface area contributed by atoms with Gasteiger partial charge in [0.15, 0.2) is 0 Å². The molecule has 0 spiro atoms. The zero-order valence-corrected chi connectivity index (χ0v) is 16.2. The number of imide groups is 1. The number of amides is 3. The van der Waals surface area contributed by atoms with Crippen LogP contribution in [-0.2, 0) is 20.9 Å². The molecule has 7 heteroatoms. The Balaban J connectivity index is 1.59. The van der Waals surface area contributed by atoms with Gasteiger partial charge in [-0.2, -0.15) is 0 Å². The van der Waals surface area contributed by atoms with E-state index >= 15 is 0 Å². The van der Waals surface area contributed by atoms with Crippen LogP contribution in [0.5, 0.6) is 0 Å². The molecular formula is C22H24N2O5. The van der Waals surface area contributed by atoms with Gasteiger partial charge in [0.1, 0.15) is 6.04 Å². The first-order chi connectivity index (χ1) is 14.0. The van der Waals surface area contributed by atoms with E-state index in [0.29, 0.717) is 31.4 Å². The molecule has 2 N–H and O–H groups in total. The highest BCUT2D eigenvalue weighted by atomic mass is 16.4.